The van der Waals surface area contributed by atoms with Gasteiger partial charge in [-0.15, -0.1) is 0 Å². The van der Waals surface area contributed by atoms with Crippen LogP contribution in [0.3, 0.4) is 0 Å². The molecule has 0 bridgehead atoms. The molecule has 0 atom stereocenters. The second-order valence-electron chi connectivity index (χ2n) is 7.15. The smallest absolute Gasteiger partial charge is 0.330 e. The van der Waals surface area contributed by atoms with E-state index in [1.54, 1.807) is 6.92 Å². The number of benzene rings is 2. The van der Waals surface area contributed by atoms with Crippen molar-refractivity contribution in [3.05, 3.63) is 83.4 Å². The van der Waals surface area contributed by atoms with Crippen molar-refractivity contribution in [1.82, 2.24) is 0 Å². The number of ether oxygens (including phenoxy) is 2. The first-order chi connectivity index (χ1) is 14.7. The first-order valence-corrected chi connectivity index (χ1v) is 10.7. The monoisotopic (exact) mass is 403 g/mol. The second-order valence-corrected chi connectivity index (χ2v) is 7.15. The number of aliphatic imine (C=N–C) groups is 1. The molecule has 0 spiro atoms. The van der Waals surface area contributed by atoms with Crippen LogP contribution < -0.4 is 0 Å². The molecule has 0 aliphatic carbocycles. The fourth-order valence-electron chi connectivity index (χ4n) is 3.39. The standard InChI is InChI=1S/C26H29NO3/c1-3-5-6-8-13-20(18-19-24(28)29-4-2)25-22-16-11-12-17-23(22)26(30-25)27-21-14-9-7-10-15-21/h7,9-12,14-19H,3-6,8,13H2,1-2H3/b19-18+,25-20+,27-26?. The number of esters is 1. The first-order valence-electron chi connectivity index (χ1n) is 10.7. The van der Waals surface area contributed by atoms with E-state index in [-0.39, 0.29) is 5.97 Å². The molecule has 30 heavy (non-hydrogen) atoms. The number of rotatable bonds is 9. The topological polar surface area (TPSA) is 47.9 Å². The van der Waals surface area contributed by atoms with Gasteiger partial charge >= 0.3 is 5.97 Å². The molecule has 0 aromatic heterocycles. The maximum absolute atomic E-state index is 11.9. The number of hydrogen-bond donors (Lipinski definition) is 0. The van der Waals surface area contributed by atoms with E-state index in [2.05, 4.69) is 6.92 Å². The number of hydrogen-bond acceptors (Lipinski definition) is 4. The average molecular weight is 404 g/mol. The summed E-state index contributed by atoms with van der Waals surface area (Å²) in [6, 6.07) is 17.8. The largest absolute Gasteiger partial charge is 0.463 e. The molecule has 4 nitrogen and oxygen atoms in total. The molecule has 1 heterocycles. The van der Waals surface area contributed by atoms with Gasteiger partial charge in [-0.1, -0.05) is 62.6 Å². The van der Waals surface area contributed by atoms with Crippen LogP contribution in [0.15, 0.2) is 77.3 Å². The molecule has 0 amide bonds. The Labute approximate surface area is 178 Å². The van der Waals surface area contributed by atoms with E-state index in [1.807, 2.05) is 60.7 Å². The molecule has 0 fully saturated rings. The number of nitrogens with zero attached hydrogens (tertiary/aromatic N) is 1. The van der Waals surface area contributed by atoms with E-state index < -0.39 is 0 Å². The van der Waals surface area contributed by atoms with Crippen LogP contribution >= 0.6 is 0 Å². The Morgan fingerprint density at radius 3 is 2.40 bits per heavy atom. The third-order valence-corrected chi connectivity index (χ3v) is 4.89. The summed E-state index contributed by atoms with van der Waals surface area (Å²) in [5, 5.41) is 0. The molecule has 2 aromatic rings. The van der Waals surface area contributed by atoms with Crippen molar-refractivity contribution in [2.24, 2.45) is 4.99 Å². The minimum atomic E-state index is -0.339. The van der Waals surface area contributed by atoms with Crippen LogP contribution in [-0.4, -0.2) is 18.5 Å². The van der Waals surface area contributed by atoms with Crippen LogP contribution in [0.1, 0.15) is 57.1 Å². The Morgan fingerprint density at radius 2 is 1.67 bits per heavy atom. The third-order valence-electron chi connectivity index (χ3n) is 4.89. The lowest BCUT2D eigenvalue weighted by Crippen LogP contribution is -2.00. The van der Waals surface area contributed by atoms with Crippen molar-refractivity contribution in [1.29, 1.82) is 0 Å². The number of allylic oxidation sites excluding steroid dienone is 2. The summed E-state index contributed by atoms with van der Waals surface area (Å²) in [6.45, 7) is 4.36. The second kappa shape index (κ2) is 11.1. The molecular formula is C26H29NO3. The highest BCUT2D eigenvalue weighted by atomic mass is 16.5. The quantitative estimate of drug-likeness (QED) is 0.269. The van der Waals surface area contributed by atoms with Crippen LogP contribution in [0, 0.1) is 0 Å². The Morgan fingerprint density at radius 1 is 0.933 bits per heavy atom. The van der Waals surface area contributed by atoms with Crippen molar-refractivity contribution in [3.8, 4) is 0 Å². The van der Waals surface area contributed by atoms with Gasteiger partial charge in [-0.2, -0.15) is 0 Å². The lowest BCUT2D eigenvalue weighted by Gasteiger charge is -2.08. The van der Waals surface area contributed by atoms with Gasteiger partial charge in [0.15, 0.2) is 0 Å². The highest BCUT2D eigenvalue weighted by molar-refractivity contribution is 6.07. The lowest BCUT2D eigenvalue weighted by atomic mass is 10.00. The van der Waals surface area contributed by atoms with Crippen molar-refractivity contribution in [2.45, 2.75) is 46.0 Å². The summed E-state index contributed by atoms with van der Waals surface area (Å²) in [6.07, 6.45) is 8.72. The summed E-state index contributed by atoms with van der Waals surface area (Å²) in [7, 11) is 0. The molecule has 156 valence electrons. The normalized spacial score (nSPS) is 15.9. The van der Waals surface area contributed by atoms with Gasteiger partial charge in [0.25, 0.3) is 0 Å². The number of unbranched alkanes of at least 4 members (excludes halogenated alkanes) is 3. The van der Waals surface area contributed by atoms with Crippen molar-refractivity contribution >= 4 is 23.3 Å². The molecule has 4 heteroatoms. The van der Waals surface area contributed by atoms with Gasteiger partial charge in [-0.3, -0.25) is 0 Å². The molecule has 0 saturated carbocycles. The van der Waals surface area contributed by atoms with E-state index in [9.17, 15) is 4.79 Å². The Kier molecular flexibility index (Phi) is 8.02. The SMILES string of the molecule is CCCCCCC(/C=C/C(=O)OCC)=C1\OC(=Nc2ccccc2)c2ccccc21. The van der Waals surface area contributed by atoms with E-state index >= 15 is 0 Å². The predicted molar refractivity (Wildman–Crippen MR) is 122 cm³/mol. The van der Waals surface area contributed by atoms with E-state index in [1.165, 1.54) is 18.9 Å². The van der Waals surface area contributed by atoms with Gasteiger partial charge in [0, 0.05) is 17.2 Å². The zero-order chi connectivity index (χ0) is 21.2. The fourth-order valence-corrected chi connectivity index (χ4v) is 3.39. The van der Waals surface area contributed by atoms with E-state index in [0.29, 0.717) is 12.5 Å². The van der Waals surface area contributed by atoms with Crippen LogP contribution in [0.5, 0.6) is 0 Å². The van der Waals surface area contributed by atoms with Crippen LogP contribution in [0.4, 0.5) is 5.69 Å². The number of fused-ring (bicyclic) bond motifs is 1. The highest BCUT2D eigenvalue weighted by Crippen LogP contribution is 2.35. The zero-order valence-electron chi connectivity index (χ0n) is 17.8. The summed E-state index contributed by atoms with van der Waals surface area (Å²) in [5.41, 5.74) is 3.80. The summed E-state index contributed by atoms with van der Waals surface area (Å²) >= 11 is 0. The number of para-hydroxylation sites is 1. The summed E-state index contributed by atoms with van der Waals surface area (Å²) in [4.78, 5) is 16.6. The minimum Gasteiger partial charge on any atom is -0.463 e. The van der Waals surface area contributed by atoms with Gasteiger partial charge in [-0.25, -0.2) is 9.79 Å². The molecule has 1 aliphatic heterocycles. The fraction of sp³-hybridized carbons (Fsp3) is 0.308. The molecule has 1 aliphatic rings. The Bertz CT molecular complexity index is 942. The number of carbonyl (C=O) groups excluding carboxylic acids is 1. The van der Waals surface area contributed by atoms with Crippen LogP contribution in [0.25, 0.3) is 5.76 Å². The van der Waals surface area contributed by atoms with Gasteiger partial charge in [0.2, 0.25) is 5.90 Å². The molecule has 0 radical (unpaired) electrons. The van der Waals surface area contributed by atoms with Crippen molar-refractivity contribution in [2.75, 3.05) is 6.61 Å². The average Bonchev–Trinajstić information content (AvgIpc) is 3.12. The number of carbonyl (C=O) groups is 1. The van der Waals surface area contributed by atoms with Crippen molar-refractivity contribution in [3.63, 3.8) is 0 Å². The van der Waals surface area contributed by atoms with Gasteiger partial charge in [-0.05, 0) is 49.6 Å². The van der Waals surface area contributed by atoms with Gasteiger partial charge in [0.1, 0.15) is 5.76 Å². The maximum atomic E-state index is 11.9. The summed E-state index contributed by atoms with van der Waals surface area (Å²) < 4.78 is 11.3. The molecular weight excluding hydrogens is 374 g/mol. The molecule has 0 saturated heterocycles. The third kappa shape index (κ3) is 5.69. The van der Waals surface area contributed by atoms with Crippen molar-refractivity contribution < 1.29 is 14.3 Å². The van der Waals surface area contributed by atoms with Crippen LogP contribution in [0.2, 0.25) is 0 Å². The first kappa shape index (κ1) is 21.6. The zero-order valence-corrected chi connectivity index (χ0v) is 17.8. The van der Waals surface area contributed by atoms with Gasteiger partial charge in [0.05, 0.1) is 12.3 Å². The van der Waals surface area contributed by atoms with E-state index in [4.69, 9.17) is 14.5 Å². The molecule has 3 rings (SSSR count). The maximum Gasteiger partial charge on any atom is 0.330 e. The van der Waals surface area contributed by atoms with E-state index in [0.717, 1.165) is 47.4 Å². The molecule has 2 aromatic carbocycles. The lowest BCUT2D eigenvalue weighted by molar-refractivity contribution is -0.137. The van der Waals surface area contributed by atoms with Crippen LogP contribution in [-0.2, 0) is 14.3 Å². The minimum absolute atomic E-state index is 0.339. The predicted octanol–water partition coefficient (Wildman–Crippen LogP) is 6.60. The van der Waals surface area contributed by atoms with Gasteiger partial charge < -0.3 is 9.47 Å². The Hall–Kier alpha value is -3.14. The highest BCUT2D eigenvalue weighted by Gasteiger charge is 2.26. The molecule has 0 unspecified atom stereocenters. The summed E-state index contributed by atoms with van der Waals surface area (Å²) in [5.74, 6) is 1.02. The molecule has 0 N–H and O–H groups in total. The Balaban J connectivity index is 1.97.